The van der Waals surface area contributed by atoms with E-state index in [-0.39, 0.29) is 17.2 Å². The summed E-state index contributed by atoms with van der Waals surface area (Å²) in [7, 11) is 1.79. The highest BCUT2D eigenvalue weighted by atomic mass is 16.5. The molecule has 2 fully saturated rings. The summed E-state index contributed by atoms with van der Waals surface area (Å²) in [5.41, 5.74) is -0.0632. The van der Waals surface area contributed by atoms with E-state index in [4.69, 9.17) is 4.74 Å². The van der Waals surface area contributed by atoms with Gasteiger partial charge in [0.1, 0.15) is 0 Å². The maximum absolute atomic E-state index is 10.3. The Balaban J connectivity index is 2.18. The van der Waals surface area contributed by atoms with Gasteiger partial charge in [-0.3, -0.25) is 0 Å². The Labute approximate surface area is 98.7 Å². The lowest BCUT2D eigenvalue weighted by atomic mass is 9.67. The second kappa shape index (κ2) is 3.97. The Kier molecular flexibility index (Phi) is 3.06. The molecule has 1 aliphatic heterocycles. The number of fused-ring (bicyclic) bond motifs is 2. The number of ether oxygens (including phenoxy) is 1. The molecular formula is C13H25NO2. The van der Waals surface area contributed by atoms with Crippen LogP contribution in [0.15, 0.2) is 0 Å². The highest BCUT2D eigenvalue weighted by Crippen LogP contribution is 2.47. The van der Waals surface area contributed by atoms with Crippen LogP contribution in [0.2, 0.25) is 0 Å². The van der Waals surface area contributed by atoms with Crippen LogP contribution in [0.5, 0.6) is 0 Å². The fraction of sp³-hybridized carbons (Fsp3) is 1.00. The molecule has 1 saturated carbocycles. The van der Waals surface area contributed by atoms with Gasteiger partial charge in [-0.1, -0.05) is 6.92 Å². The monoisotopic (exact) mass is 227 g/mol. The van der Waals surface area contributed by atoms with Crippen LogP contribution in [0.25, 0.3) is 0 Å². The zero-order valence-electron chi connectivity index (χ0n) is 11.0. The molecule has 1 N–H and O–H groups in total. The van der Waals surface area contributed by atoms with E-state index >= 15 is 0 Å². The standard InChI is InChI=1S/C13H25NO2/c1-5-12(2)7-10-6-11(14(12)15)9-13(3,8-10)16-4/h10-11,15H,5-9H2,1-4H3. The molecule has 3 heteroatoms. The molecule has 0 spiro atoms. The molecule has 2 rings (SSSR count). The highest BCUT2D eigenvalue weighted by molar-refractivity contribution is 5.01. The van der Waals surface area contributed by atoms with E-state index in [1.807, 2.05) is 0 Å². The summed E-state index contributed by atoms with van der Waals surface area (Å²) in [6.07, 6.45) is 5.33. The van der Waals surface area contributed by atoms with Gasteiger partial charge in [-0.25, -0.2) is 0 Å². The van der Waals surface area contributed by atoms with E-state index in [0.717, 1.165) is 32.1 Å². The molecule has 0 radical (unpaired) electrons. The van der Waals surface area contributed by atoms with Crippen LogP contribution < -0.4 is 0 Å². The van der Waals surface area contributed by atoms with Gasteiger partial charge in [0.05, 0.1) is 5.60 Å². The topological polar surface area (TPSA) is 32.7 Å². The first-order valence-corrected chi connectivity index (χ1v) is 6.46. The normalized spacial score (nSPS) is 49.3. The minimum Gasteiger partial charge on any atom is -0.378 e. The lowest BCUT2D eigenvalue weighted by Gasteiger charge is -2.54. The van der Waals surface area contributed by atoms with Crippen molar-refractivity contribution in [1.29, 1.82) is 0 Å². The van der Waals surface area contributed by atoms with Crippen molar-refractivity contribution < 1.29 is 9.94 Å². The van der Waals surface area contributed by atoms with Crippen molar-refractivity contribution in [1.82, 2.24) is 5.06 Å². The van der Waals surface area contributed by atoms with Crippen LogP contribution in [0.4, 0.5) is 0 Å². The van der Waals surface area contributed by atoms with Crippen LogP contribution in [0.3, 0.4) is 0 Å². The molecule has 16 heavy (non-hydrogen) atoms. The Bertz CT molecular complexity index is 271. The third-order valence-corrected chi connectivity index (χ3v) is 4.88. The Morgan fingerprint density at radius 1 is 1.31 bits per heavy atom. The average Bonchev–Trinajstić information content (AvgIpc) is 2.25. The van der Waals surface area contributed by atoms with Gasteiger partial charge in [-0.15, -0.1) is 0 Å². The first-order valence-electron chi connectivity index (χ1n) is 6.46. The van der Waals surface area contributed by atoms with Crippen molar-refractivity contribution in [3.63, 3.8) is 0 Å². The molecule has 4 unspecified atom stereocenters. The fourth-order valence-corrected chi connectivity index (χ4v) is 3.71. The van der Waals surface area contributed by atoms with Crippen molar-refractivity contribution in [3.8, 4) is 0 Å². The van der Waals surface area contributed by atoms with E-state index in [1.165, 1.54) is 0 Å². The molecule has 94 valence electrons. The predicted molar refractivity (Wildman–Crippen MR) is 63.5 cm³/mol. The van der Waals surface area contributed by atoms with Gasteiger partial charge in [0, 0.05) is 18.7 Å². The summed E-state index contributed by atoms with van der Waals surface area (Å²) < 4.78 is 5.63. The van der Waals surface area contributed by atoms with Gasteiger partial charge in [-0.05, 0) is 51.9 Å². The molecule has 0 aromatic rings. The van der Waals surface area contributed by atoms with E-state index in [2.05, 4.69) is 20.8 Å². The molecule has 3 nitrogen and oxygen atoms in total. The lowest BCUT2D eigenvalue weighted by molar-refractivity contribution is -0.254. The van der Waals surface area contributed by atoms with Gasteiger partial charge in [-0.2, -0.15) is 5.06 Å². The number of nitrogens with zero attached hydrogens (tertiary/aromatic N) is 1. The number of hydrogen-bond acceptors (Lipinski definition) is 3. The van der Waals surface area contributed by atoms with Crippen molar-refractivity contribution in [2.45, 2.75) is 70.1 Å². The third-order valence-electron chi connectivity index (χ3n) is 4.88. The molecular weight excluding hydrogens is 202 g/mol. The smallest absolute Gasteiger partial charge is 0.0669 e. The number of methoxy groups -OCH3 is 1. The van der Waals surface area contributed by atoms with Crippen LogP contribution in [-0.2, 0) is 4.74 Å². The number of hydroxylamine groups is 2. The number of piperidine rings is 1. The van der Waals surface area contributed by atoms with Gasteiger partial charge in [0.2, 0.25) is 0 Å². The molecule has 4 atom stereocenters. The summed E-state index contributed by atoms with van der Waals surface area (Å²) in [5.74, 6) is 0.706. The van der Waals surface area contributed by atoms with Crippen LogP contribution in [0.1, 0.15) is 52.9 Å². The quantitative estimate of drug-likeness (QED) is 0.787. The second-order valence-corrected chi connectivity index (χ2v) is 6.22. The predicted octanol–water partition coefficient (Wildman–Crippen LogP) is 2.82. The van der Waals surface area contributed by atoms with Gasteiger partial charge >= 0.3 is 0 Å². The largest absolute Gasteiger partial charge is 0.378 e. The Morgan fingerprint density at radius 2 is 2.00 bits per heavy atom. The summed E-state index contributed by atoms with van der Waals surface area (Å²) in [4.78, 5) is 0. The molecule has 0 amide bonds. The summed E-state index contributed by atoms with van der Waals surface area (Å²) in [6.45, 7) is 6.52. The molecule has 0 aromatic heterocycles. The lowest BCUT2D eigenvalue weighted by Crippen LogP contribution is -2.60. The highest BCUT2D eigenvalue weighted by Gasteiger charge is 2.49. The first-order chi connectivity index (χ1) is 7.42. The third kappa shape index (κ3) is 1.89. The minimum absolute atomic E-state index is 0.0251. The van der Waals surface area contributed by atoms with Crippen molar-refractivity contribution in [3.05, 3.63) is 0 Å². The summed E-state index contributed by atoms with van der Waals surface area (Å²) >= 11 is 0. The van der Waals surface area contributed by atoms with E-state index in [0.29, 0.717) is 5.92 Å². The Morgan fingerprint density at radius 3 is 2.56 bits per heavy atom. The van der Waals surface area contributed by atoms with Crippen LogP contribution >= 0.6 is 0 Å². The van der Waals surface area contributed by atoms with E-state index in [9.17, 15) is 5.21 Å². The molecule has 0 aromatic carbocycles. The molecule has 2 aliphatic rings. The fourth-order valence-electron chi connectivity index (χ4n) is 3.71. The van der Waals surface area contributed by atoms with Crippen molar-refractivity contribution in [2.75, 3.05) is 7.11 Å². The van der Waals surface area contributed by atoms with Gasteiger partial charge in [0.25, 0.3) is 0 Å². The molecule has 1 aliphatic carbocycles. The van der Waals surface area contributed by atoms with Gasteiger partial charge < -0.3 is 9.94 Å². The first kappa shape index (κ1) is 12.3. The van der Waals surface area contributed by atoms with Crippen LogP contribution in [-0.4, -0.2) is 34.6 Å². The number of hydrogen-bond donors (Lipinski definition) is 1. The Hall–Kier alpha value is -0.120. The maximum atomic E-state index is 10.3. The van der Waals surface area contributed by atoms with E-state index in [1.54, 1.807) is 12.2 Å². The van der Waals surface area contributed by atoms with Crippen molar-refractivity contribution >= 4 is 0 Å². The number of rotatable bonds is 2. The zero-order chi connectivity index (χ0) is 12.0. The molecule has 1 saturated heterocycles. The van der Waals surface area contributed by atoms with Crippen molar-refractivity contribution in [2.24, 2.45) is 5.92 Å². The minimum atomic E-state index is -0.0381. The summed E-state index contributed by atoms with van der Waals surface area (Å²) in [5, 5.41) is 12.0. The SMILES string of the molecule is CCC1(C)CC2CC(CC(C)(OC)C2)N1O. The summed E-state index contributed by atoms with van der Waals surface area (Å²) in [6, 6.07) is 0.280. The van der Waals surface area contributed by atoms with Gasteiger partial charge in [0.15, 0.2) is 0 Å². The average molecular weight is 227 g/mol. The molecule has 2 bridgehead atoms. The van der Waals surface area contributed by atoms with E-state index < -0.39 is 0 Å². The second-order valence-electron chi connectivity index (χ2n) is 6.22. The molecule has 1 heterocycles. The van der Waals surface area contributed by atoms with Crippen LogP contribution in [0, 0.1) is 5.92 Å². The zero-order valence-corrected chi connectivity index (χ0v) is 11.0. The maximum Gasteiger partial charge on any atom is 0.0669 e.